The molecule has 6 aromatic rings. The van der Waals surface area contributed by atoms with Gasteiger partial charge >= 0.3 is 11.9 Å². The number of benzene rings is 2. The molecule has 4 heterocycles. The second-order valence-electron chi connectivity index (χ2n) is 11.0. The Morgan fingerprint density at radius 2 is 1.56 bits per heavy atom. The quantitative estimate of drug-likeness (QED) is 0.0194. The van der Waals surface area contributed by atoms with Crippen molar-refractivity contribution < 1.29 is 38.2 Å². The second-order valence-corrected chi connectivity index (χ2v) is 12.9. The van der Waals surface area contributed by atoms with E-state index in [4.69, 9.17) is 29.6 Å². The minimum atomic E-state index is -0.909. The molecule has 0 amide bonds. The lowest BCUT2D eigenvalue weighted by molar-refractivity contribution is -0.134. The number of aliphatic carboxylic acids is 2. The Morgan fingerprint density at radius 3 is 2.22 bits per heavy atom. The Hall–Kier alpha value is -5.53. The zero-order chi connectivity index (χ0) is 40.5. The zero-order valence-electron chi connectivity index (χ0n) is 31.6. The number of aromatic amines is 1. The van der Waals surface area contributed by atoms with Crippen LogP contribution in [0.25, 0.3) is 45.1 Å². The van der Waals surface area contributed by atoms with Crippen LogP contribution in [0, 0.1) is 13.8 Å². The lowest BCUT2D eigenvalue weighted by Gasteiger charge is -2.06. The molecule has 0 fully saturated rings. The van der Waals surface area contributed by atoms with Crippen LogP contribution < -0.4 is 21.9 Å². The van der Waals surface area contributed by atoms with Gasteiger partial charge in [-0.15, -0.1) is 16.9 Å². The van der Waals surface area contributed by atoms with Crippen molar-refractivity contribution in [2.45, 2.75) is 32.9 Å². The van der Waals surface area contributed by atoms with Crippen molar-refractivity contribution >= 4 is 52.2 Å². The SMILES string of the molecule is CC.CON.COc1ccc(-c2ccc(/C(=N/CSCC(=O)O)NN)o2)cc1C.Cc1cc2cc(-c3ccc(-c4nc(SCC(=O)O)n[nH]4)o3)ccc2n1C. The lowest BCUT2D eigenvalue weighted by Crippen LogP contribution is -2.31. The first-order chi connectivity index (χ1) is 26.5. The summed E-state index contributed by atoms with van der Waals surface area (Å²) in [6, 6.07) is 21.4. The molecule has 0 radical (unpaired) electrons. The Bertz CT molecular complexity index is 2170. The van der Waals surface area contributed by atoms with Crippen molar-refractivity contribution in [3.63, 3.8) is 0 Å². The molecule has 0 bridgehead atoms. The standard InChI is InChI=1S/C18H16N4O3S.C16H19N3O4S.C2H6.CH5NO/c1-10-7-12-8-11(3-4-13(12)22(10)2)14-5-6-15(25-14)17-19-18(21-20-17)26-9-16(23)24;1-10-7-11(3-4-12(10)22-2)13-5-6-14(23-13)16(19-17)18-9-24-8-15(20)21;1-2;1-3-2/h3-8H,9H2,1-2H3,(H,23,24)(H,19,20,21);3-7H,8-9,17H2,1-2H3,(H,18,19)(H,20,21);1-2H3;2H2,1H3. The maximum absolute atomic E-state index is 10.6. The first kappa shape index (κ1) is 43.9. The molecule has 6 rings (SSSR count). The smallest absolute Gasteiger partial charge is 0.313 e. The lowest BCUT2D eigenvalue weighted by atomic mass is 10.1. The van der Waals surface area contributed by atoms with E-state index in [9.17, 15) is 9.59 Å². The first-order valence-corrected chi connectivity index (χ1v) is 18.8. The number of nitrogens with one attached hydrogen (secondary N) is 2. The normalized spacial score (nSPS) is 10.7. The van der Waals surface area contributed by atoms with Crippen LogP contribution in [0.15, 0.2) is 85.7 Å². The monoisotopic (exact) mass is 794 g/mol. The third kappa shape index (κ3) is 12.5. The summed E-state index contributed by atoms with van der Waals surface area (Å²) in [4.78, 5) is 33.3. The topological polar surface area (TPSA) is 242 Å². The molecule has 0 spiro atoms. The molecule has 0 atom stereocenters. The highest BCUT2D eigenvalue weighted by Crippen LogP contribution is 2.31. The van der Waals surface area contributed by atoms with Gasteiger partial charge in [-0.25, -0.2) is 11.7 Å². The number of nitrogens with zero attached hydrogens (tertiary/aromatic N) is 4. The van der Waals surface area contributed by atoms with Crippen LogP contribution in [0.5, 0.6) is 5.75 Å². The summed E-state index contributed by atoms with van der Waals surface area (Å²) in [6.45, 7) is 8.04. The van der Waals surface area contributed by atoms with Crippen molar-refractivity contribution in [1.82, 2.24) is 25.2 Å². The number of ether oxygens (including phenoxy) is 1. The molecule has 4 aromatic heterocycles. The van der Waals surface area contributed by atoms with Gasteiger partial charge in [0.15, 0.2) is 23.2 Å². The van der Waals surface area contributed by atoms with Gasteiger partial charge in [-0.1, -0.05) is 25.6 Å². The third-order valence-corrected chi connectivity index (χ3v) is 8.99. The van der Waals surface area contributed by atoms with E-state index in [1.54, 1.807) is 13.2 Å². The molecule has 0 saturated heterocycles. The van der Waals surface area contributed by atoms with E-state index >= 15 is 0 Å². The molecular formula is C37H46N8O8S2. The highest BCUT2D eigenvalue weighted by Gasteiger charge is 2.14. The van der Waals surface area contributed by atoms with Gasteiger partial charge in [-0.3, -0.25) is 19.7 Å². The summed E-state index contributed by atoms with van der Waals surface area (Å²) in [5.74, 6) is 12.3. The molecule has 8 N–H and O–H groups in total. The van der Waals surface area contributed by atoms with Crippen molar-refractivity contribution in [2.24, 2.45) is 23.8 Å². The van der Waals surface area contributed by atoms with Crippen molar-refractivity contribution in [3.8, 4) is 40.0 Å². The van der Waals surface area contributed by atoms with Crippen LogP contribution in [-0.2, 0) is 21.5 Å². The van der Waals surface area contributed by atoms with E-state index in [-0.39, 0.29) is 17.4 Å². The van der Waals surface area contributed by atoms with Gasteiger partial charge in [0, 0.05) is 34.8 Å². The average Bonchev–Trinajstić information content (AvgIpc) is 4.00. The molecule has 18 heteroatoms. The summed E-state index contributed by atoms with van der Waals surface area (Å²) >= 11 is 2.23. The maximum Gasteiger partial charge on any atom is 0.313 e. The Kier molecular flexibility index (Phi) is 17.5. The molecule has 0 saturated carbocycles. The van der Waals surface area contributed by atoms with E-state index in [1.807, 2.05) is 70.3 Å². The van der Waals surface area contributed by atoms with Crippen molar-refractivity contribution in [2.75, 3.05) is 31.6 Å². The maximum atomic E-state index is 10.6. The van der Waals surface area contributed by atoms with Crippen LogP contribution >= 0.6 is 23.5 Å². The van der Waals surface area contributed by atoms with E-state index < -0.39 is 11.9 Å². The number of methoxy groups -OCH3 is 1. The van der Waals surface area contributed by atoms with Gasteiger partial charge in [0.05, 0.1) is 31.6 Å². The average molecular weight is 795 g/mol. The number of aromatic nitrogens is 4. The highest BCUT2D eigenvalue weighted by atomic mass is 32.2. The number of aryl methyl sites for hydroxylation is 3. The van der Waals surface area contributed by atoms with Gasteiger partial charge < -0.3 is 38.6 Å². The first-order valence-electron chi connectivity index (χ1n) is 16.7. The van der Waals surface area contributed by atoms with E-state index in [0.717, 1.165) is 45.3 Å². The van der Waals surface area contributed by atoms with E-state index in [2.05, 4.69) is 66.0 Å². The van der Waals surface area contributed by atoms with Crippen LogP contribution in [0.4, 0.5) is 0 Å². The van der Waals surface area contributed by atoms with Crippen molar-refractivity contribution in [1.29, 1.82) is 0 Å². The molecule has 0 aliphatic rings. The molecule has 0 unspecified atom stereocenters. The number of hydrogen-bond acceptors (Lipinski definition) is 13. The van der Waals surface area contributed by atoms with Gasteiger partial charge in [0.25, 0.3) is 0 Å². The van der Waals surface area contributed by atoms with Gasteiger partial charge in [0.1, 0.15) is 17.3 Å². The summed E-state index contributed by atoms with van der Waals surface area (Å²) in [5.41, 5.74) is 7.75. The number of aliphatic imine (C=N–C) groups is 1. The summed E-state index contributed by atoms with van der Waals surface area (Å²) < 4.78 is 19.1. The Balaban J connectivity index is 0.000000266. The number of carboxylic acid groups (broad SMARTS) is 2. The second kappa shape index (κ2) is 22.0. The Labute approximate surface area is 326 Å². The number of fused-ring (bicyclic) bond motifs is 1. The molecule has 55 heavy (non-hydrogen) atoms. The predicted molar refractivity (Wildman–Crippen MR) is 216 cm³/mol. The summed E-state index contributed by atoms with van der Waals surface area (Å²) in [5, 5.41) is 25.6. The van der Waals surface area contributed by atoms with Crippen LogP contribution in [-0.4, -0.2) is 79.3 Å². The number of amidine groups is 1. The van der Waals surface area contributed by atoms with E-state index in [1.165, 1.54) is 30.1 Å². The number of carboxylic acids is 2. The van der Waals surface area contributed by atoms with Crippen LogP contribution in [0.3, 0.4) is 0 Å². The minimum absolute atomic E-state index is 0.0180. The highest BCUT2D eigenvalue weighted by molar-refractivity contribution is 8.00. The largest absolute Gasteiger partial charge is 0.496 e. The summed E-state index contributed by atoms with van der Waals surface area (Å²) in [6.07, 6.45) is 0. The third-order valence-electron chi connectivity index (χ3n) is 7.39. The number of rotatable bonds is 12. The number of carbonyl (C=O) groups is 2. The zero-order valence-corrected chi connectivity index (χ0v) is 33.2. The van der Waals surface area contributed by atoms with Gasteiger partial charge in [-0.2, -0.15) is 4.98 Å². The van der Waals surface area contributed by atoms with Crippen LogP contribution in [0.1, 0.15) is 30.9 Å². The number of nitrogens with two attached hydrogens (primary N) is 2. The van der Waals surface area contributed by atoms with Gasteiger partial charge in [0.2, 0.25) is 5.16 Å². The van der Waals surface area contributed by atoms with E-state index in [0.29, 0.717) is 34.1 Å². The minimum Gasteiger partial charge on any atom is -0.496 e. The summed E-state index contributed by atoms with van der Waals surface area (Å²) in [7, 11) is 5.08. The molecular weight excluding hydrogens is 749 g/mol. The number of H-pyrrole nitrogens is 1. The fourth-order valence-electron chi connectivity index (χ4n) is 4.90. The Morgan fingerprint density at radius 1 is 0.927 bits per heavy atom. The molecule has 16 nitrogen and oxygen atoms in total. The fourth-order valence-corrected chi connectivity index (χ4v) is 5.90. The molecule has 2 aromatic carbocycles. The molecule has 294 valence electrons. The van der Waals surface area contributed by atoms with Crippen LogP contribution in [0.2, 0.25) is 0 Å². The fraction of sp³-hybridized carbons (Fsp3) is 0.270. The number of hydrazine groups is 1. The number of furan rings is 2. The molecule has 0 aliphatic heterocycles. The molecule has 0 aliphatic carbocycles. The van der Waals surface area contributed by atoms with Crippen molar-refractivity contribution in [3.05, 3.63) is 83.7 Å². The number of thioether (sulfide) groups is 2. The number of hydrogen-bond donors (Lipinski definition) is 6. The predicted octanol–water partition coefficient (Wildman–Crippen LogP) is 6.49. The van der Waals surface area contributed by atoms with Gasteiger partial charge in [-0.05, 0) is 86.1 Å².